The van der Waals surface area contributed by atoms with E-state index in [9.17, 15) is 4.79 Å². The summed E-state index contributed by atoms with van der Waals surface area (Å²) in [7, 11) is 0. The van der Waals surface area contributed by atoms with Crippen molar-refractivity contribution >= 4 is 23.2 Å². The Balaban J connectivity index is 2.03. The van der Waals surface area contributed by atoms with Crippen molar-refractivity contribution < 1.29 is 0 Å². The molecule has 106 valence electrons. The van der Waals surface area contributed by atoms with Crippen LogP contribution in [0.25, 0.3) is 5.69 Å². The first-order valence-corrected chi connectivity index (χ1v) is 7.40. The zero-order valence-electron chi connectivity index (χ0n) is 11.8. The van der Waals surface area contributed by atoms with E-state index < -0.39 is 0 Å². The maximum Gasteiger partial charge on any atom is 0.332 e. The lowest BCUT2D eigenvalue weighted by Gasteiger charge is -2.09. The molecule has 4 nitrogen and oxygen atoms in total. The minimum absolute atomic E-state index is 0.101. The average Bonchev–Trinajstić information content (AvgIpc) is 2.80. The summed E-state index contributed by atoms with van der Waals surface area (Å²) in [6.07, 6.45) is 0. The van der Waals surface area contributed by atoms with Crippen molar-refractivity contribution in [1.29, 1.82) is 0 Å². The Morgan fingerprint density at radius 1 is 1.05 bits per heavy atom. The largest absolute Gasteiger partial charge is 0.332 e. The Hall–Kier alpha value is -2.40. The molecule has 0 fully saturated rings. The summed E-state index contributed by atoms with van der Waals surface area (Å²) in [4.78, 5) is 12.0. The fraction of sp³-hybridized carbons (Fsp3) is 0.125. The van der Waals surface area contributed by atoms with E-state index in [4.69, 9.17) is 0 Å². The van der Waals surface area contributed by atoms with Gasteiger partial charge in [-0.1, -0.05) is 24.3 Å². The summed E-state index contributed by atoms with van der Waals surface area (Å²) >= 11 is 0.950. The number of nitrogens with zero attached hydrogens (tertiary/aromatic N) is 2. The average molecular weight is 297 g/mol. The predicted octanol–water partition coefficient (Wildman–Crippen LogP) is 3.65. The van der Waals surface area contributed by atoms with Crippen molar-refractivity contribution in [3.05, 3.63) is 69.3 Å². The molecule has 0 aliphatic carbocycles. The first-order chi connectivity index (χ1) is 10.1. The smallest absolute Gasteiger partial charge is 0.324 e. The Morgan fingerprint density at radius 3 is 2.48 bits per heavy atom. The highest BCUT2D eigenvalue weighted by Gasteiger charge is 2.11. The van der Waals surface area contributed by atoms with E-state index in [0.29, 0.717) is 5.95 Å². The first-order valence-electron chi connectivity index (χ1n) is 6.63. The highest BCUT2D eigenvalue weighted by Crippen LogP contribution is 2.19. The van der Waals surface area contributed by atoms with Crippen LogP contribution in [-0.4, -0.2) is 8.94 Å². The third kappa shape index (κ3) is 2.87. The fourth-order valence-corrected chi connectivity index (χ4v) is 2.74. The molecule has 0 unspecified atom stereocenters. The van der Waals surface area contributed by atoms with Crippen LogP contribution >= 0.6 is 11.5 Å². The monoisotopic (exact) mass is 297 g/mol. The number of aryl methyl sites for hydroxylation is 2. The summed E-state index contributed by atoms with van der Waals surface area (Å²) in [6, 6.07) is 15.8. The lowest BCUT2D eigenvalue weighted by Crippen LogP contribution is -2.13. The topological polar surface area (TPSA) is 46.9 Å². The molecular formula is C16H15N3OS. The summed E-state index contributed by atoms with van der Waals surface area (Å²) < 4.78 is 5.82. The van der Waals surface area contributed by atoms with Crippen molar-refractivity contribution in [2.75, 3.05) is 5.32 Å². The number of benzene rings is 2. The van der Waals surface area contributed by atoms with Gasteiger partial charge in [0.25, 0.3) is 0 Å². The molecule has 1 heterocycles. The number of anilines is 2. The van der Waals surface area contributed by atoms with Gasteiger partial charge in [0.1, 0.15) is 0 Å². The lowest BCUT2D eigenvalue weighted by atomic mass is 10.2. The number of hydrogen-bond donors (Lipinski definition) is 1. The highest BCUT2D eigenvalue weighted by molar-refractivity contribution is 7.03. The Bertz CT molecular complexity index is 835. The zero-order chi connectivity index (χ0) is 14.8. The SMILES string of the molecule is Cc1cccc(Nc2nsc(=O)n2-c2cccc(C)c2)c1. The molecule has 3 aromatic rings. The summed E-state index contributed by atoms with van der Waals surface area (Å²) in [5, 5.41) is 3.21. The van der Waals surface area contributed by atoms with E-state index in [1.54, 1.807) is 4.57 Å². The minimum Gasteiger partial charge on any atom is -0.324 e. The van der Waals surface area contributed by atoms with E-state index in [-0.39, 0.29) is 4.87 Å². The van der Waals surface area contributed by atoms with E-state index >= 15 is 0 Å². The zero-order valence-corrected chi connectivity index (χ0v) is 12.6. The maximum atomic E-state index is 12.1. The molecule has 5 heteroatoms. The second kappa shape index (κ2) is 5.54. The van der Waals surface area contributed by atoms with Crippen molar-refractivity contribution in [2.45, 2.75) is 13.8 Å². The molecule has 0 saturated carbocycles. The molecule has 1 aromatic heterocycles. The molecule has 0 saturated heterocycles. The van der Waals surface area contributed by atoms with E-state index in [1.165, 1.54) is 0 Å². The maximum absolute atomic E-state index is 12.1. The molecule has 0 spiro atoms. The van der Waals surface area contributed by atoms with Crippen LogP contribution in [0.3, 0.4) is 0 Å². The summed E-state index contributed by atoms with van der Waals surface area (Å²) in [6.45, 7) is 4.03. The van der Waals surface area contributed by atoms with Crippen LogP contribution in [0.4, 0.5) is 11.6 Å². The van der Waals surface area contributed by atoms with Gasteiger partial charge in [-0.05, 0) is 49.2 Å². The van der Waals surface area contributed by atoms with Gasteiger partial charge in [-0.15, -0.1) is 0 Å². The molecule has 0 aliphatic rings. The third-order valence-electron chi connectivity index (χ3n) is 3.14. The Kier molecular flexibility index (Phi) is 3.58. The normalized spacial score (nSPS) is 10.6. The van der Waals surface area contributed by atoms with E-state index in [1.807, 2.05) is 62.4 Å². The minimum atomic E-state index is -0.101. The van der Waals surface area contributed by atoms with Crippen LogP contribution in [0.1, 0.15) is 11.1 Å². The van der Waals surface area contributed by atoms with Gasteiger partial charge in [-0.25, -0.2) is 4.57 Å². The molecule has 0 atom stereocenters. The number of rotatable bonds is 3. The van der Waals surface area contributed by atoms with E-state index in [2.05, 4.69) is 9.69 Å². The molecule has 0 aliphatic heterocycles. The molecule has 0 radical (unpaired) electrons. The Labute approximate surface area is 126 Å². The van der Waals surface area contributed by atoms with Gasteiger partial charge in [0, 0.05) is 17.2 Å². The van der Waals surface area contributed by atoms with Crippen LogP contribution in [0, 0.1) is 13.8 Å². The second-order valence-electron chi connectivity index (χ2n) is 4.94. The van der Waals surface area contributed by atoms with E-state index in [0.717, 1.165) is 34.0 Å². The molecule has 21 heavy (non-hydrogen) atoms. The van der Waals surface area contributed by atoms with Gasteiger partial charge >= 0.3 is 4.87 Å². The number of hydrogen-bond acceptors (Lipinski definition) is 4. The van der Waals surface area contributed by atoms with Gasteiger partial charge in [0.2, 0.25) is 5.95 Å². The fourth-order valence-electron chi connectivity index (χ4n) is 2.18. The van der Waals surface area contributed by atoms with Gasteiger partial charge in [-0.3, -0.25) is 4.79 Å². The molecule has 3 rings (SSSR count). The van der Waals surface area contributed by atoms with Crippen molar-refractivity contribution in [3.8, 4) is 5.69 Å². The van der Waals surface area contributed by atoms with Crippen LogP contribution in [0.15, 0.2) is 53.3 Å². The van der Waals surface area contributed by atoms with Crippen LogP contribution in [-0.2, 0) is 0 Å². The number of aromatic nitrogens is 2. The van der Waals surface area contributed by atoms with Gasteiger partial charge < -0.3 is 5.32 Å². The van der Waals surface area contributed by atoms with Crippen molar-refractivity contribution in [3.63, 3.8) is 0 Å². The molecule has 1 N–H and O–H groups in total. The molecular weight excluding hydrogens is 282 g/mol. The van der Waals surface area contributed by atoms with Gasteiger partial charge in [0.05, 0.1) is 5.69 Å². The standard InChI is InChI=1S/C16H15N3OS/c1-11-5-3-7-13(9-11)17-15-18-21-16(20)19(15)14-8-4-6-12(2)10-14/h3-10H,1-2H3,(H,17,18). The van der Waals surface area contributed by atoms with Crippen molar-refractivity contribution in [1.82, 2.24) is 8.94 Å². The summed E-state index contributed by atoms with van der Waals surface area (Å²) in [5.74, 6) is 0.543. The quantitative estimate of drug-likeness (QED) is 0.802. The molecule has 0 amide bonds. The molecule has 0 bridgehead atoms. The predicted molar refractivity (Wildman–Crippen MR) is 86.9 cm³/mol. The lowest BCUT2D eigenvalue weighted by molar-refractivity contribution is 1.02. The first kappa shape index (κ1) is 13.6. The van der Waals surface area contributed by atoms with Crippen LogP contribution in [0.5, 0.6) is 0 Å². The van der Waals surface area contributed by atoms with Gasteiger partial charge in [0.15, 0.2) is 0 Å². The Morgan fingerprint density at radius 2 is 1.76 bits per heavy atom. The van der Waals surface area contributed by atoms with Gasteiger partial charge in [-0.2, -0.15) is 4.37 Å². The molecule has 2 aromatic carbocycles. The number of nitrogens with one attached hydrogen (secondary N) is 1. The summed E-state index contributed by atoms with van der Waals surface area (Å²) in [5.41, 5.74) is 4.00. The van der Waals surface area contributed by atoms with Crippen molar-refractivity contribution in [2.24, 2.45) is 0 Å². The van der Waals surface area contributed by atoms with Crippen LogP contribution in [0.2, 0.25) is 0 Å². The van der Waals surface area contributed by atoms with Crippen LogP contribution < -0.4 is 10.2 Å². The second-order valence-corrected chi connectivity index (χ2v) is 5.66. The third-order valence-corrected chi connectivity index (χ3v) is 3.74. The highest BCUT2D eigenvalue weighted by atomic mass is 32.1.